The van der Waals surface area contributed by atoms with E-state index in [-0.39, 0.29) is 16.5 Å². The Morgan fingerprint density at radius 2 is 1.56 bits per heavy atom. The van der Waals surface area contributed by atoms with Crippen LogP contribution in [0.4, 0.5) is 10.1 Å². The maximum absolute atomic E-state index is 14.0. The van der Waals surface area contributed by atoms with Crippen molar-refractivity contribution in [3.63, 3.8) is 0 Å². The predicted molar refractivity (Wildman–Crippen MR) is 143 cm³/mol. The normalized spacial score (nSPS) is 17.4. The van der Waals surface area contributed by atoms with Gasteiger partial charge >= 0.3 is 0 Å². The highest BCUT2D eigenvalue weighted by Gasteiger charge is 2.44. The van der Waals surface area contributed by atoms with Gasteiger partial charge in [0.25, 0.3) is 15.9 Å². The molecular formula is C29H28FN3O5S. The standard InChI is InChI=1S/C29H28FN3O5S/c30-21-17-15-20(16-18-21)27(28(35)31-22-9-3-1-4-10-22)33(23-11-5-2-6-12-23)26(34)19-32-29(36)24-13-7-8-14-25(24)39(32,37)38/h2,5-8,11-18,22,27H,1,3-4,9-10,19H2,(H,31,35)/t27-/m1/s1. The van der Waals surface area contributed by atoms with Crippen molar-refractivity contribution in [3.05, 3.63) is 95.8 Å². The number of nitrogens with one attached hydrogen (secondary N) is 1. The number of halogens is 1. The summed E-state index contributed by atoms with van der Waals surface area (Å²) in [5.41, 5.74) is 0.666. The summed E-state index contributed by atoms with van der Waals surface area (Å²) >= 11 is 0. The summed E-state index contributed by atoms with van der Waals surface area (Å²) in [5.74, 6) is -2.56. The lowest BCUT2D eigenvalue weighted by Crippen LogP contribution is -2.50. The van der Waals surface area contributed by atoms with Crippen LogP contribution in [0.2, 0.25) is 0 Å². The SMILES string of the molecule is O=C(NC1CCCCC1)[C@@H](c1ccc(F)cc1)N(C(=O)CN1C(=O)c2ccccc2S1(=O)=O)c1ccccc1. The van der Waals surface area contributed by atoms with Crippen molar-refractivity contribution in [2.24, 2.45) is 0 Å². The number of rotatable bonds is 7. The summed E-state index contributed by atoms with van der Waals surface area (Å²) < 4.78 is 40.7. The van der Waals surface area contributed by atoms with Crippen LogP contribution >= 0.6 is 0 Å². The molecule has 0 unspecified atom stereocenters. The van der Waals surface area contributed by atoms with Gasteiger partial charge in [0.2, 0.25) is 11.8 Å². The van der Waals surface area contributed by atoms with Crippen molar-refractivity contribution in [1.82, 2.24) is 9.62 Å². The van der Waals surface area contributed by atoms with Crippen LogP contribution in [0.1, 0.15) is 54.1 Å². The molecule has 39 heavy (non-hydrogen) atoms. The molecule has 202 valence electrons. The Labute approximate surface area is 226 Å². The first-order chi connectivity index (χ1) is 18.8. The van der Waals surface area contributed by atoms with Gasteiger partial charge in [-0.15, -0.1) is 0 Å². The third-order valence-corrected chi connectivity index (χ3v) is 8.92. The van der Waals surface area contributed by atoms with Crippen molar-refractivity contribution >= 4 is 33.4 Å². The smallest absolute Gasteiger partial charge is 0.269 e. The Hall–Kier alpha value is -4.05. The quantitative estimate of drug-likeness (QED) is 0.476. The van der Waals surface area contributed by atoms with Gasteiger partial charge in [0.15, 0.2) is 0 Å². The van der Waals surface area contributed by atoms with Crippen LogP contribution in [0.5, 0.6) is 0 Å². The summed E-state index contributed by atoms with van der Waals surface area (Å²) in [6, 6.07) is 18.1. The second kappa shape index (κ2) is 11.0. The number of amides is 3. The van der Waals surface area contributed by atoms with Crippen molar-refractivity contribution in [2.45, 2.75) is 49.1 Å². The van der Waals surface area contributed by atoms with Gasteiger partial charge in [0.05, 0.1) is 5.56 Å². The van der Waals surface area contributed by atoms with Gasteiger partial charge in [-0.2, -0.15) is 0 Å². The Balaban J connectivity index is 1.54. The highest BCUT2D eigenvalue weighted by Crippen LogP contribution is 2.33. The van der Waals surface area contributed by atoms with Crippen LogP contribution in [0.3, 0.4) is 0 Å². The van der Waals surface area contributed by atoms with E-state index in [1.54, 1.807) is 36.4 Å². The minimum Gasteiger partial charge on any atom is -0.351 e. The van der Waals surface area contributed by atoms with Crippen LogP contribution < -0.4 is 10.2 Å². The first-order valence-electron chi connectivity index (χ1n) is 12.9. The first-order valence-corrected chi connectivity index (χ1v) is 14.3. The van der Waals surface area contributed by atoms with E-state index in [0.29, 0.717) is 15.6 Å². The van der Waals surface area contributed by atoms with Gasteiger partial charge in [0.1, 0.15) is 23.3 Å². The van der Waals surface area contributed by atoms with E-state index >= 15 is 0 Å². The molecule has 3 amide bonds. The van der Waals surface area contributed by atoms with Crippen molar-refractivity contribution in [3.8, 4) is 0 Å². The third kappa shape index (κ3) is 5.29. The number of carbonyl (C=O) groups is 3. The molecule has 5 rings (SSSR count). The minimum atomic E-state index is -4.26. The monoisotopic (exact) mass is 549 g/mol. The lowest BCUT2D eigenvalue weighted by molar-refractivity contribution is -0.127. The molecule has 0 bridgehead atoms. The second-order valence-electron chi connectivity index (χ2n) is 9.71. The molecule has 1 saturated carbocycles. The molecule has 0 spiro atoms. The van der Waals surface area contributed by atoms with Crippen molar-refractivity contribution in [1.29, 1.82) is 0 Å². The number of carbonyl (C=O) groups excluding carboxylic acids is 3. The van der Waals surface area contributed by atoms with Gasteiger partial charge in [-0.1, -0.05) is 61.7 Å². The zero-order valence-corrected chi connectivity index (χ0v) is 21.9. The number of nitrogens with zero attached hydrogens (tertiary/aromatic N) is 2. The Morgan fingerprint density at radius 1 is 0.923 bits per heavy atom. The highest BCUT2D eigenvalue weighted by atomic mass is 32.2. The summed E-state index contributed by atoms with van der Waals surface area (Å²) in [7, 11) is -4.26. The number of para-hydroxylation sites is 1. The predicted octanol–water partition coefficient (Wildman–Crippen LogP) is 4.19. The molecule has 3 aromatic carbocycles. The van der Waals surface area contributed by atoms with E-state index in [0.717, 1.165) is 32.1 Å². The van der Waals surface area contributed by atoms with Crippen LogP contribution in [-0.4, -0.2) is 43.0 Å². The topological polar surface area (TPSA) is 104 Å². The molecule has 10 heteroatoms. The van der Waals surface area contributed by atoms with Gasteiger partial charge in [-0.05, 0) is 54.8 Å². The number of sulfonamides is 1. The lowest BCUT2D eigenvalue weighted by Gasteiger charge is -2.34. The average molecular weight is 550 g/mol. The molecule has 1 aliphatic heterocycles. The molecule has 1 aliphatic carbocycles. The molecule has 0 saturated heterocycles. The van der Waals surface area contributed by atoms with Gasteiger partial charge in [-0.3, -0.25) is 19.3 Å². The summed E-state index contributed by atoms with van der Waals surface area (Å²) in [6.07, 6.45) is 4.65. The van der Waals surface area contributed by atoms with E-state index in [4.69, 9.17) is 0 Å². The van der Waals surface area contributed by atoms with Crippen LogP contribution in [0.25, 0.3) is 0 Å². The molecule has 0 aromatic heterocycles. The maximum Gasteiger partial charge on any atom is 0.269 e. The van der Waals surface area contributed by atoms with Gasteiger partial charge in [0, 0.05) is 11.7 Å². The lowest BCUT2D eigenvalue weighted by atomic mass is 9.94. The molecule has 1 atom stereocenters. The summed E-state index contributed by atoms with van der Waals surface area (Å²) in [6.45, 7) is -0.806. The number of benzene rings is 3. The molecule has 2 aliphatic rings. The molecule has 1 heterocycles. The molecule has 3 aromatic rings. The summed E-state index contributed by atoms with van der Waals surface area (Å²) in [4.78, 5) is 41.9. The van der Waals surface area contributed by atoms with Crippen molar-refractivity contribution < 1.29 is 27.2 Å². The minimum absolute atomic E-state index is 0.0123. The largest absolute Gasteiger partial charge is 0.351 e. The Bertz CT molecular complexity index is 1490. The number of anilines is 1. The zero-order chi connectivity index (χ0) is 27.6. The van der Waals surface area contributed by atoms with E-state index in [1.807, 2.05) is 0 Å². The van der Waals surface area contributed by atoms with Gasteiger partial charge < -0.3 is 5.32 Å². The first kappa shape index (κ1) is 26.6. The van der Waals surface area contributed by atoms with Crippen LogP contribution in [0, 0.1) is 5.82 Å². The fourth-order valence-corrected chi connectivity index (χ4v) is 6.72. The zero-order valence-electron chi connectivity index (χ0n) is 21.1. The molecular weight excluding hydrogens is 521 g/mol. The van der Waals surface area contributed by atoms with E-state index < -0.39 is 46.1 Å². The van der Waals surface area contributed by atoms with E-state index in [1.165, 1.54) is 47.4 Å². The fraction of sp³-hybridized carbons (Fsp3) is 0.276. The second-order valence-corrected chi connectivity index (χ2v) is 11.5. The number of hydrogen-bond donors (Lipinski definition) is 1. The van der Waals surface area contributed by atoms with E-state index in [2.05, 4.69) is 5.32 Å². The van der Waals surface area contributed by atoms with Crippen LogP contribution in [-0.2, 0) is 19.6 Å². The fourth-order valence-electron chi connectivity index (χ4n) is 5.20. The Kier molecular flexibility index (Phi) is 7.47. The third-order valence-electron chi connectivity index (χ3n) is 7.14. The maximum atomic E-state index is 14.0. The van der Waals surface area contributed by atoms with Gasteiger partial charge in [-0.25, -0.2) is 17.1 Å². The van der Waals surface area contributed by atoms with Crippen LogP contribution in [0.15, 0.2) is 83.8 Å². The van der Waals surface area contributed by atoms with E-state index in [9.17, 15) is 27.2 Å². The average Bonchev–Trinajstić information content (AvgIpc) is 3.13. The molecule has 0 radical (unpaired) electrons. The number of hydrogen-bond acceptors (Lipinski definition) is 5. The summed E-state index contributed by atoms with van der Waals surface area (Å²) in [5, 5.41) is 3.04. The molecule has 1 N–H and O–H groups in total. The molecule has 1 fully saturated rings. The Morgan fingerprint density at radius 3 is 2.23 bits per heavy atom. The number of fused-ring (bicyclic) bond motifs is 1. The van der Waals surface area contributed by atoms with Crippen molar-refractivity contribution in [2.75, 3.05) is 11.4 Å². The highest BCUT2D eigenvalue weighted by molar-refractivity contribution is 7.90. The molecule has 8 nitrogen and oxygen atoms in total.